The predicted molar refractivity (Wildman–Crippen MR) is 99.9 cm³/mol. The predicted octanol–water partition coefficient (Wildman–Crippen LogP) is 1.99. The van der Waals surface area contributed by atoms with Crippen LogP contribution in [0.3, 0.4) is 0 Å². The second-order valence-electron chi connectivity index (χ2n) is 6.03. The molecule has 0 aliphatic rings. The number of aromatic nitrogens is 5. The number of aryl methyl sites for hydroxylation is 2. The van der Waals surface area contributed by atoms with Gasteiger partial charge in [0.15, 0.2) is 0 Å². The van der Waals surface area contributed by atoms with Gasteiger partial charge >= 0.3 is 5.63 Å². The highest BCUT2D eigenvalue weighted by molar-refractivity contribution is 7.99. The van der Waals surface area contributed by atoms with Crippen molar-refractivity contribution in [3.63, 3.8) is 0 Å². The fourth-order valence-electron chi connectivity index (χ4n) is 2.75. The first-order chi connectivity index (χ1) is 13.0. The molecule has 136 valence electrons. The molecule has 0 fully saturated rings. The molecule has 0 atom stereocenters. The van der Waals surface area contributed by atoms with Crippen molar-refractivity contribution in [2.75, 3.05) is 0 Å². The Morgan fingerprint density at radius 1 is 1.15 bits per heavy atom. The van der Waals surface area contributed by atoms with Crippen LogP contribution in [0.15, 0.2) is 66.5 Å². The van der Waals surface area contributed by atoms with E-state index in [1.807, 2.05) is 37.3 Å². The molecule has 0 N–H and O–H groups in total. The van der Waals surface area contributed by atoms with E-state index in [9.17, 15) is 9.59 Å². The molecule has 0 saturated carbocycles. The van der Waals surface area contributed by atoms with Gasteiger partial charge in [-0.05, 0) is 40.7 Å². The smallest absolute Gasteiger partial charge is 0.350 e. The average molecular weight is 381 g/mol. The summed E-state index contributed by atoms with van der Waals surface area (Å²) in [7, 11) is 1.67. The standard InChI is InChI=1S/C18H15N5O3S/c1-11-8-14-13(16(24)23(11)10-12-6-4-3-5-7-12)9-15(17(25)26-14)27-18-19-20-21-22(18)2/h3-9H,10H2,1-2H3. The summed E-state index contributed by atoms with van der Waals surface area (Å²) in [6.07, 6.45) is 0. The second kappa shape index (κ2) is 6.84. The van der Waals surface area contributed by atoms with Gasteiger partial charge in [0.1, 0.15) is 10.5 Å². The third kappa shape index (κ3) is 3.28. The maximum absolute atomic E-state index is 13.0. The van der Waals surface area contributed by atoms with Gasteiger partial charge in [-0.25, -0.2) is 9.48 Å². The minimum absolute atomic E-state index is 0.212. The highest BCUT2D eigenvalue weighted by atomic mass is 32.2. The normalized spacial score (nSPS) is 11.2. The Morgan fingerprint density at radius 3 is 2.63 bits per heavy atom. The highest BCUT2D eigenvalue weighted by Crippen LogP contribution is 2.24. The molecule has 0 aliphatic heterocycles. The summed E-state index contributed by atoms with van der Waals surface area (Å²) < 4.78 is 8.49. The van der Waals surface area contributed by atoms with Gasteiger partial charge < -0.3 is 8.98 Å². The fraction of sp³-hybridized carbons (Fsp3) is 0.167. The summed E-state index contributed by atoms with van der Waals surface area (Å²) in [5.41, 5.74) is 1.26. The zero-order chi connectivity index (χ0) is 19.0. The summed E-state index contributed by atoms with van der Waals surface area (Å²) in [5.74, 6) is 0. The van der Waals surface area contributed by atoms with Gasteiger partial charge in [-0.15, -0.1) is 5.10 Å². The molecule has 1 aromatic carbocycles. The first kappa shape index (κ1) is 17.2. The molecule has 3 aromatic heterocycles. The quantitative estimate of drug-likeness (QED) is 0.533. The number of fused-ring (bicyclic) bond motifs is 1. The SMILES string of the molecule is Cc1cc2oc(=O)c(Sc3nnnn3C)cc2c(=O)n1Cc1ccccc1. The lowest BCUT2D eigenvalue weighted by molar-refractivity contribution is 0.540. The van der Waals surface area contributed by atoms with Crippen molar-refractivity contribution in [2.24, 2.45) is 7.05 Å². The Labute approximate surface area is 157 Å². The number of pyridine rings is 1. The van der Waals surface area contributed by atoms with Crippen molar-refractivity contribution in [2.45, 2.75) is 23.5 Å². The summed E-state index contributed by atoms with van der Waals surface area (Å²) >= 11 is 1.06. The van der Waals surface area contributed by atoms with E-state index in [2.05, 4.69) is 15.5 Å². The molecule has 0 amide bonds. The highest BCUT2D eigenvalue weighted by Gasteiger charge is 2.15. The number of hydrogen-bond acceptors (Lipinski definition) is 7. The monoisotopic (exact) mass is 381 g/mol. The van der Waals surface area contributed by atoms with Crippen LogP contribution in [-0.4, -0.2) is 24.8 Å². The average Bonchev–Trinajstić information content (AvgIpc) is 3.06. The Kier molecular flexibility index (Phi) is 4.36. The lowest BCUT2D eigenvalue weighted by Crippen LogP contribution is -2.23. The van der Waals surface area contributed by atoms with E-state index in [0.717, 1.165) is 23.0 Å². The number of hydrogen-bond donors (Lipinski definition) is 0. The van der Waals surface area contributed by atoms with E-state index in [1.165, 1.54) is 4.68 Å². The minimum atomic E-state index is -0.532. The summed E-state index contributed by atoms with van der Waals surface area (Å²) in [5, 5.41) is 11.9. The number of rotatable bonds is 4. The van der Waals surface area contributed by atoms with Crippen LogP contribution in [0.25, 0.3) is 11.0 Å². The van der Waals surface area contributed by atoms with Crippen molar-refractivity contribution in [3.05, 3.63) is 74.5 Å². The van der Waals surface area contributed by atoms with Gasteiger partial charge in [0.2, 0.25) is 5.16 Å². The molecule has 8 nitrogen and oxygen atoms in total. The van der Waals surface area contributed by atoms with Crippen LogP contribution < -0.4 is 11.2 Å². The molecule has 0 saturated heterocycles. The summed E-state index contributed by atoms with van der Waals surface area (Å²) in [6, 6.07) is 13.0. The van der Waals surface area contributed by atoms with E-state index in [0.29, 0.717) is 17.1 Å². The second-order valence-corrected chi connectivity index (χ2v) is 7.03. The van der Waals surface area contributed by atoms with Crippen molar-refractivity contribution in [1.29, 1.82) is 0 Å². The molecule has 0 spiro atoms. The van der Waals surface area contributed by atoms with Crippen LogP contribution >= 0.6 is 11.8 Å². The van der Waals surface area contributed by atoms with Crippen LogP contribution in [0.2, 0.25) is 0 Å². The Hall–Kier alpha value is -3.20. The molecule has 0 bridgehead atoms. The number of tetrazole rings is 1. The molecule has 0 radical (unpaired) electrons. The minimum Gasteiger partial charge on any atom is -0.422 e. The van der Waals surface area contributed by atoms with Crippen LogP contribution in [0.4, 0.5) is 0 Å². The van der Waals surface area contributed by atoms with Crippen molar-refractivity contribution in [3.8, 4) is 0 Å². The Bertz CT molecular complexity index is 1240. The van der Waals surface area contributed by atoms with Gasteiger partial charge in [0.05, 0.1) is 11.9 Å². The van der Waals surface area contributed by atoms with Gasteiger partial charge in [0.25, 0.3) is 5.56 Å². The molecule has 27 heavy (non-hydrogen) atoms. The molecule has 9 heteroatoms. The zero-order valence-electron chi connectivity index (χ0n) is 14.6. The van der Waals surface area contributed by atoms with E-state index >= 15 is 0 Å². The van der Waals surface area contributed by atoms with E-state index in [-0.39, 0.29) is 16.0 Å². The summed E-state index contributed by atoms with van der Waals surface area (Å²) in [6.45, 7) is 2.26. The van der Waals surface area contributed by atoms with Gasteiger partial charge in [0, 0.05) is 18.8 Å². The molecular weight excluding hydrogens is 366 g/mol. The van der Waals surface area contributed by atoms with E-state index in [4.69, 9.17) is 4.42 Å². The molecule has 3 heterocycles. The third-order valence-electron chi connectivity index (χ3n) is 4.15. The van der Waals surface area contributed by atoms with Crippen LogP contribution in [-0.2, 0) is 13.6 Å². The molecule has 4 rings (SSSR count). The van der Waals surface area contributed by atoms with Crippen molar-refractivity contribution >= 4 is 22.7 Å². The lowest BCUT2D eigenvalue weighted by atomic mass is 10.2. The first-order valence-corrected chi connectivity index (χ1v) is 8.97. The molecule has 0 aliphatic carbocycles. The fourth-order valence-corrected chi connectivity index (χ4v) is 3.50. The maximum atomic E-state index is 13.0. The van der Waals surface area contributed by atoms with Gasteiger partial charge in [-0.2, -0.15) is 0 Å². The lowest BCUT2D eigenvalue weighted by Gasteiger charge is -2.11. The van der Waals surface area contributed by atoms with Gasteiger partial charge in [-0.3, -0.25) is 4.79 Å². The first-order valence-electron chi connectivity index (χ1n) is 8.15. The molecular formula is C18H15N5O3S. The Balaban J connectivity index is 1.83. The Morgan fingerprint density at radius 2 is 1.93 bits per heavy atom. The van der Waals surface area contributed by atoms with Crippen molar-refractivity contribution < 1.29 is 4.42 Å². The van der Waals surface area contributed by atoms with E-state index in [1.54, 1.807) is 23.7 Å². The topological polar surface area (TPSA) is 95.8 Å². The van der Waals surface area contributed by atoms with Gasteiger partial charge in [-0.1, -0.05) is 30.3 Å². The largest absolute Gasteiger partial charge is 0.422 e. The summed E-state index contributed by atoms with van der Waals surface area (Å²) in [4.78, 5) is 25.6. The number of benzene rings is 1. The van der Waals surface area contributed by atoms with E-state index < -0.39 is 5.63 Å². The number of nitrogens with zero attached hydrogens (tertiary/aromatic N) is 5. The van der Waals surface area contributed by atoms with Crippen LogP contribution in [0, 0.1) is 6.92 Å². The van der Waals surface area contributed by atoms with Crippen LogP contribution in [0.5, 0.6) is 0 Å². The van der Waals surface area contributed by atoms with Crippen molar-refractivity contribution in [1.82, 2.24) is 24.8 Å². The zero-order valence-corrected chi connectivity index (χ0v) is 15.4. The molecule has 0 unspecified atom stereocenters. The molecule has 4 aromatic rings. The third-order valence-corrected chi connectivity index (χ3v) is 5.18. The van der Waals surface area contributed by atoms with Crippen LogP contribution in [0.1, 0.15) is 11.3 Å². The maximum Gasteiger partial charge on any atom is 0.350 e.